The van der Waals surface area contributed by atoms with Gasteiger partial charge in [0.2, 0.25) is 5.91 Å². The van der Waals surface area contributed by atoms with E-state index in [9.17, 15) is 14.4 Å². The highest BCUT2D eigenvalue weighted by Gasteiger charge is 2.37. The molecule has 2 aliphatic rings. The van der Waals surface area contributed by atoms with Gasteiger partial charge in [-0.05, 0) is 30.9 Å². The first-order valence-electron chi connectivity index (χ1n) is 16.2. The lowest BCUT2D eigenvalue weighted by atomic mass is 9.92. The number of aromatic nitrogens is 2. The van der Waals surface area contributed by atoms with Gasteiger partial charge in [0, 0.05) is 89.3 Å². The second kappa shape index (κ2) is 18.5. The third kappa shape index (κ3) is 10.8. The molecule has 0 radical (unpaired) electrons. The molecular weight excluding hydrogens is 641 g/mol. The van der Waals surface area contributed by atoms with Gasteiger partial charge in [-0.1, -0.05) is 52.8 Å². The van der Waals surface area contributed by atoms with Crippen LogP contribution in [0.15, 0.2) is 36.5 Å². The average Bonchev–Trinajstić information content (AvgIpc) is 3.04. The second-order valence-corrected chi connectivity index (χ2v) is 13.6. The van der Waals surface area contributed by atoms with Crippen LogP contribution in [0.5, 0.6) is 0 Å². The normalized spacial score (nSPS) is 18.2. The van der Waals surface area contributed by atoms with E-state index in [0.717, 1.165) is 6.42 Å². The van der Waals surface area contributed by atoms with Gasteiger partial charge in [0.15, 0.2) is 0 Å². The van der Waals surface area contributed by atoms with Crippen LogP contribution in [0.4, 0.5) is 5.82 Å². The maximum atomic E-state index is 14.3. The van der Waals surface area contributed by atoms with E-state index in [-0.39, 0.29) is 65.8 Å². The Labute approximate surface area is 292 Å². The number of carbonyl (C=O) groups excluding carboxylic acids is 3. The highest BCUT2D eigenvalue weighted by Crippen LogP contribution is 2.26. The summed E-state index contributed by atoms with van der Waals surface area (Å²) in [4.78, 5) is 55.9. The van der Waals surface area contributed by atoms with E-state index < -0.39 is 0 Å². The summed E-state index contributed by atoms with van der Waals surface area (Å²) in [5.74, 6) is 1.11. The van der Waals surface area contributed by atoms with Crippen LogP contribution >= 0.6 is 24.8 Å². The first kappa shape index (κ1) is 40.2. The van der Waals surface area contributed by atoms with Crippen molar-refractivity contribution < 1.29 is 19.1 Å². The summed E-state index contributed by atoms with van der Waals surface area (Å²) >= 11 is 0. The van der Waals surface area contributed by atoms with Crippen molar-refractivity contribution in [2.75, 3.05) is 71.4 Å². The van der Waals surface area contributed by atoms with Crippen LogP contribution in [0.2, 0.25) is 0 Å². The number of piperazine rings is 1. The van der Waals surface area contributed by atoms with Crippen molar-refractivity contribution >= 4 is 48.4 Å². The van der Waals surface area contributed by atoms with Gasteiger partial charge >= 0.3 is 0 Å². The van der Waals surface area contributed by atoms with Gasteiger partial charge in [-0.15, -0.1) is 24.8 Å². The lowest BCUT2D eigenvalue weighted by Gasteiger charge is -2.41. The Morgan fingerprint density at radius 2 is 1.70 bits per heavy atom. The number of nitrogens with one attached hydrogen (secondary N) is 2. The molecule has 13 heteroatoms. The van der Waals surface area contributed by atoms with E-state index in [1.807, 2.05) is 45.0 Å². The Kier molecular flexibility index (Phi) is 15.8. The van der Waals surface area contributed by atoms with E-state index in [2.05, 4.69) is 50.2 Å². The predicted molar refractivity (Wildman–Crippen MR) is 190 cm³/mol. The van der Waals surface area contributed by atoms with Gasteiger partial charge in [0.05, 0.1) is 5.92 Å². The summed E-state index contributed by atoms with van der Waals surface area (Å²) in [5.41, 5.74) is 0.829. The largest absolute Gasteiger partial charge is 0.385 e. The van der Waals surface area contributed by atoms with Crippen LogP contribution in [0.3, 0.4) is 0 Å². The second-order valence-electron chi connectivity index (χ2n) is 13.6. The average molecular weight is 695 g/mol. The first-order chi connectivity index (χ1) is 21.5. The molecule has 0 aliphatic carbocycles. The molecular formula is C34H53Cl2N7O4. The highest BCUT2D eigenvalue weighted by atomic mass is 35.5. The molecule has 0 saturated carbocycles. The van der Waals surface area contributed by atoms with Gasteiger partial charge in [0.25, 0.3) is 11.8 Å². The number of piperidine rings is 1. The minimum absolute atomic E-state index is 0. The van der Waals surface area contributed by atoms with Crippen molar-refractivity contribution in [2.24, 2.45) is 11.8 Å². The number of carbonyl (C=O) groups is 3. The molecule has 262 valence electrons. The lowest BCUT2D eigenvalue weighted by Crippen LogP contribution is -2.57. The lowest BCUT2D eigenvalue weighted by molar-refractivity contribution is -0.138. The molecule has 2 aliphatic heterocycles. The Balaban J connectivity index is 0.00000384. The molecule has 2 aromatic rings. The van der Waals surface area contributed by atoms with Crippen molar-refractivity contribution in [3.8, 4) is 0 Å². The Bertz CT molecular complexity index is 1300. The Morgan fingerprint density at radius 1 is 1.04 bits per heavy atom. The van der Waals surface area contributed by atoms with Crippen molar-refractivity contribution in [3.63, 3.8) is 0 Å². The Hall–Kier alpha value is -2.99. The molecule has 3 amide bonds. The van der Waals surface area contributed by atoms with Crippen molar-refractivity contribution in [3.05, 3.63) is 53.5 Å². The number of anilines is 1. The van der Waals surface area contributed by atoms with Crippen LogP contribution in [-0.2, 0) is 14.9 Å². The molecule has 0 unspecified atom stereocenters. The van der Waals surface area contributed by atoms with Gasteiger partial charge < -0.3 is 30.1 Å². The number of methoxy groups -OCH3 is 1. The summed E-state index contributed by atoms with van der Waals surface area (Å²) in [7, 11) is 1.67. The van der Waals surface area contributed by atoms with Crippen LogP contribution in [-0.4, -0.2) is 115 Å². The molecule has 1 aromatic carbocycles. The fraction of sp³-hybridized carbons (Fsp3) is 0.618. The third-order valence-corrected chi connectivity index (χ3v) is 8.35. The minimum Gasteiger partial charge on any atom is -0.385 e. The van der Waals surface area contributed by atoms with E-state index in [1.54, 1.807) is 13.3 Å². The summed E-state index contributed by atoms with van der Waals surface area (Å²) in [5, 5.41) is 6.80. The quantitative estimate of drug-likeness (QED) is 0.338. The fourth-order valence-corrected chi connectivity index (χ4v) is 5.90. The van der Waals surface area contributed by atoms with E-state index >= 15 is 0 Å². The number of ether oxygens (including phenoxy) is 1. The van der Waals surface area contributed by atoms with Crippen LogP contribution < -0.4 is 10.6 Å². The van der Waals surface area contributed by atoms with Crippen LogP contribution in [0.1, 0.15) is 74.0 Å². The minimum atomic E-state index is -0.274. The highest BCUT2D eigenvalue weighted by molar-refractivity contribution is 5.99. The van der Waals surface area contributed by atoms with Crippen molar-refractivity contribution in [1.29, 1.82) is 0 Å². The molecule has 3 heterocycles. The van der Waals surface area contributed by atoms with Crippen molar-refractivity contribution in [1.82, 2.24) is 30.0 Å². The molecule has 1 aromatic heterocycles. The molecule has 4 rings (SSSR count). The zero-order valence-corrected chi connectivity index (χ0v) is 30.3. The van der Waals surface area contributed by atoms with Gasteiger partial charge in [-0.2, -0.15) is 0 Å². The van der Waals surface area contributed by atoms with Crippen LogP contribution in [0.25, 0.3) is 0 Å². The fourth-order valence-electron chi connectivity index (χ4n) is 5.90. The van der Waals surface area contributed by atoms with Crippen LogP contribution in [0, 0.1) is 11.8 Å². The zero-order chi connectivity index (χ0) is 32.6. The predicted octanol–water partition coefficient (Wildman–Crippen LogP) is 4.13. The molecule has 47 heavy (non-hydrogen) atoms. The molecule has 0 spiro atoms. The summed E-state index contributed by atoms with van der Waals surface area (Å²) in [6.07, 6.45) is 3.00. The van der Waals surface area contributed by atoms with Gasteiger partial charge in [0.1, 0.15) is 17.2 Å². The zero-order valence-electron chi connectivity index (χ0n) is 28.7. The van der Waals surface area contributed by atoms with E-state index in [0.29, 0.717) is 88.2 Å². The SMILES string of the molecule is COCCCNc1nc(C(C)(C)C)ncc1C(=O)N(CC(C)C)[C@@H]1CNC[C@H](C(=O)N2CCN(C(=O)c3ccccc3)CC2)C1.Cl.Cl. The number of nitrogens with zero attached hydrogens (tertiary/aromatic N) is 5. The number of benzene rings is 1. The van der Waals surface area contributed by atoms with Gasteiger partial charge in [-0.25, -0.2) is 9.97 Å². The monoisotopic (exact) mass is 693 g/mol. The number of hydrogen-bond donors (Lipinski definition) is 2. The maximum Gasteiger partial charge on any atom is 0.259 e. The third-order valence-electron chi connectivity index (χ3n) is 8.35. The molecule has 0 bridgehead atoms. The number of rotatable bonds is 11. The van der Waals surface area contributed by atoms with E-state index in [1.165, 1.54) is 0 Å². The van der Waals surface area contributed by atoms with Crippen molar-refractivity contribution in [2.45, 2.75) is 58.9 Å². The maximum absolute atomic E-state index is 14.3. The van der Waals surface area contributed by atoms with E-state index in [4.69, 9.17) is 9.72 Å². The summed E-state index contributed by atoms with van der Waals surface area (Å²) < 4.78 is 5.20. The van der Waals surface area contributed by atoms with Gasteiger partial charge in [-0.3, -0.25) is 14.4 Å². The number of amides is 3. The molecule has 2 atom stereocenters. The summed E-state index contributed by atoms with van der Waals surface area (Å²) in [6, 6.07) is 9.10. The molecule has 2 N–H and O–H groups in total. The standard InChI is InChI=1S/C34H51N7O4.2ClH/c1-24(2)23-41(32(44)28-22-37-33(34(3,4)5)38-29(28)36-13-10-18-45-6)27-19-26(20-35-21-27)31(43)40-16-14-39(15-17-40)30(42)25-11-8-7-9-12-25;;/h7-9,11-12,22,24,26-27,35H,10,13-21,23H2,1-6H3,(H,36,37,38);2*1H/t26-,27+;;/m1../s1. The number of halogens is 2. The summed E-state index contributed by atoms with van der Waals surface area (Å²) in [6.45, 7) is 15.3. The topological polar surface area (TPSA) is 120 Å². The number of hydrogen-bond acceptors (Lipinski definition) is 8. The molecule has 2 fully saturated rings. The smallest absolute Gasteiger partial charge is 0.259 e. The first-order valence-corrected chi connectivity index (χ1v) is 16.2. The molecule has 11 nitrogen and oxygen atoms in total. The molecule has 2 saturated heterocycles. The Morgan fingerprint density at radius 3 is 2.32 bits per heavy atom.